The van der Waals surface area contributed by atoms with Gasteiger partial charge in [0, 0.05) is 0 Å². The second-order valence-corrected chi connectivity index (χ2v) is 30.9. The van der Waals surface area contributed by atoms with Gasteiger partial charge in [-0.2, -0.15) is 0 Å². The number of ether oxygens (including phenoxy) is 2. The van der Waals surface area contributed by atoms with Gasteiger partial charge in [0.1, 0.15) is 0 Å². The van der Waals surface area contributed by atoms with Crippen LogP contribution in [0.1, 0.15) is 92.1 Å². The van der Waals surface area contributed by atoms with Crippen molar-refractivity contribution in [1.82, 2.24) is 0 Å². The first-order valence-corrected chi connectivity index (χ1v) is 25.6. The predicted octanol–water partition coefficient (Wildman–Crippen LogP) is 9.30. The average Bonchev–Trinajstić information content (AvgIpc) is 2.88. The molecule has 1 rings (SSSR count). The summed E-state index contributed by atoms with van der Waals surface area (Å²) >= 11 is -2.67. The van der Waals surface area contributed by atoms with Crippen LogP contribution in [0.3, 0.4) is 0 Å². The fourth-order valence-electron chi connectivity index (χ4n) is 4.69. The molecule has 0 heterocycles. The molecule has 0 aliphatic rings. The van der Waals surface area contributed by atoms with E-state index in [0.717, 1.165) is 17.9 Å². The van der Waals surface area contributed by atoms with Gasteiger partial charge in [0.15, 0.2) is 0 Å². The van der Waals surface area contributed by atoms with Crippen molar-refractivity contribution in [2.75, 3.05) is 20.3 Å². The number of aliphatic hydroxyl groups excluding tert-OH is 1. The Morgan fingerprint density at radius 2 is 1.47 bits per heavy atom. The van der Waals surface area contributed by atoms with E-state index < -0.39 is 32.8 Å². The maximum absolute atomic E-state index is 10.9. The number of rotatable bonds is 20. The van der Waals surface area contributed by atoms with Crippen LogP contribution in [0.25, 0.3) is 0 Å². The number of hydrogen-bond acceptors (Lipinski definition) is 4. The van der Waals surface area contributed by atoms with E-state index in [2.05, 4.69) is 60.7 Å². The third-order valence-corrected chi connectivity index (χ3v) is 29.1. The Balaban J connectivity index is 3.10. The van der Waals surface area contributed by atoms with E-state index in [9.17, 15) is 5.11 Å². The SMILES string of the molecule is CCC[CH2][Sn]([CH2]CCC)([CH2]CCC)/[C](=C\CC(O)COCc1ccc(OC)cc1)CO[Si](C)(C)C(C)(C)C. The van der Waals surface area contributed by atoms with Crippen molar-refractivity contribution < 1.29 is 19.0 Å². The molecule has 1 N–H and O–H groups in total. The van der Waals surface area contributed by atoms with E-state index in [4.69, 9.17) is 13.9 Å². The Kier molecular flexibility index (Phi) is 17.1. The molecule has 0 spiro atoms. The second-order valence-electron chi connectivity index (χ2n) is 12.6. The third-order valence-electron chi connectivity index (χ3n) is 8.48. The number of methoxy groups -OCH3 is 1. The van der Waals surface area contributed by atoms with Gasteiger partial charge in [-0.15, -0.1) is 0 Å². The van der Waals surface area contributed by atoms with Crippen molar-refractivity contribution >= 4 is 26.7 Å². The van der Waals surface area contributed by atoms with Crippen molar-refractivity contribution in [2.24, 2.45) is 0 Å². The number of benzene rings is 1. The molecule has 1 unspecified atom stereocenters. The summed E-state index contributed by atoms with van der Waals surface area (Å²) in [6.45, 7) is 20.3. The van der Waals surface area contributed by atoms with Crippen molar-refractivity contribution in [3.63, 3.8) is 0 Å². The summed E-state index contributed by atoms with van der Waals surface area (Å²) in [5, 5.41) is 11.1. The van der Waals surface area contributed by atoms with Gasteiger partial charge in [0.2, 0.25) is 0 Å². The van der Waals surface area contributed by atoms with Crippen molar-refractivity contribution in [1.29, 1.82) is 0 Å². The molecule has 0 saturated carbocycles. The van der Waals surface area contributed by atoms with Crippen LogP contribution in [0.15, 0.2) is 33.9 Å². The maximum atomic E-state index is 10.9. The minimum absolute atomic E-state index is 0.196. The van der Waals surface area contributed by atoms with Crippen LogP contribution in [-0.4, -0.2) is 58.2 Å². The van der Waals surface area contributed by atoms with Gasteiger partial charge in [-0.05, 0) is 0 Å². The Labute approximate surface area is 240 Å². The number of hydrogen-bond donors (Lipinski definition) is 1. The summed E-state index contributed by atoms with van der Waals surface area (Å²) in [6, 6.07) is 7.92. The Morgan fingerprint density at radius 3 is 1.92 bits per heavy atom. The van der Waals surface area contributed by atoms with E-state index in [1.807, 2.05) is 24.3 Å². The second kappa shape index (κ2) is 18.2. The molecule has 6 heteroatoms. The number of unbranched alkanes of at least 4 members (excludes halogenated alkanes) is 3. The van der Waals surface area contributed by atoms with Crippen LogP contribution >= 0.6 is 0 Å². The van der Waals surface area contributed by atoms with Crippen molar-refractivity contribution in [3.05, 3.63) is 39.5 Å². The van der Waals surface area contributed by atoms with Gasteiger partial charge < -0.3 is 0 Å². The molecule has 1 aromatic rings. The van der Waals surface area contributed by atoms with E-state index >= 15 is 0 Å². The van der Waals surface area contributed by atoms with Gasteiger partial charge in [-0.25, -0.2) is 0 Å². The summed E-state index contributed by atoms with van der Waals surface area (Å²) in [4.78, 5) is 0. The summed E-state index contributed by atoms with van der Waals surface area (Å²) in [6.07, 6.45) is 10.3. The predicted molar refractivity (Wildman–Crippen MR) is 169 cm³/mol. The van der Waals surface area contributed by atoms with E-state index in [1.165, 1.54) is 51.8 Å². The molecule has 0 aliphatic carbocycles. The fraction of sp³-hybridized carbons (Fsp3) is 0.750. The Bertz CT molecular complexity index is 764. The average molecular weight is 656 g/mol. The molecule has 0 saturated heterocycles. The van der Waals surface area contributed by atoms with Crippen LogP contribution in [-0.2, 0) is 15.8 Å². The minimum atomic E-state index is -2.67. The summed E-state index contributed by atoms with van der Waals surface area (Å²) < 4.78 is 23.9. The molecule has 0 aliphatic heterocycles. The van der Waals surface area contributed by atoms with Crippen LogP contribution < -0.4 is 4.74 Å². The van der Waals surface area contributed by atoms with Gasteiger partial charge in [-0.3, -0.25) is 0 Å². The van der Waals surface area contributed by atoms with E-state index in [0.29, 0.717) is 19.6 Å². The molecule has 0 bridgehead atoms. The molecule has 0 amide bonds. The van der Waals surface area contributed by atoms with Crippen LogP contribution in [0.4, 0.5) is 0 Å². The molecule has 220 valence electrons. The van der Waals surface area contributed by atoms with Gasteiger partial charge in [0.25, 0.3) is 0 Å². The molecule has 0 fully saturated rings. The zero-order chi connectivity index (χ0) is 28.7. The standard InChI is InChI=1S/C20H33O4Si.3C4H9.Sn/c1-20(2,3)25(5,6)24-14-8-7-9-18(21)16-23-15-17-10-12-19(22-4)13-11-17;3*1-3-4-2;/h7,10-13,18,21H,9,14-16H2,1-6H3;3*1,3-4H2,2H3;. The molecule has 38 heavy (non-hydrogen) atoms. The summed E-state index contributed by atoms with van der Waals surface area (Å²) in [5.41, 5.74) is 1.09. The molecule has 0 radical (unpaired) electrons. The van der Waals surface area contributed by atoms with Crippen LogP contribution in [0.2, 0.25) is 31.4 Å². The number of aliphatic hydroxyl groups is 1. The molecular formula is C32H60O4SiSn. The van der Waals surface area contributed by atoms with Crippen molar-refractivity contribution in [2.45, 2.75) is 131 Å². The van der Waals surface area contributed by atoms with E-state index in [-0.39, 0.29) is 5.04 Å². The summed E-state index contributed by atoms with van der Waals surface area (Å²) in [5.74, 6) is 0.843. The zero-order valence-corrected chi connectivity index (χ0v) is 30.2. The van der Waals surface area contributed by atoms with Crippen molar-refractivity contribution in [3.8, 4) is 5.75 Å². The molecule has 1 aromatic carbocycles. The van der Waals surface area contributed by atoms with Crippen LogP contribution in [0.5, 0.6) is 5.75 Å². The van der Waals surface area contributed by atoms with Crippen LogP contribution in [0, 0.1) is 0 Å². The molecule has 1 atom stereocenters. The topological polar surface area (TPSA) is 47.9 Å². The van der Waals surface area contributed by atoms with Gasteiger partial charge >= 0.3 is 235 Å². The van der Waals surface area contributed by atoms with Gasteiger partial charge in [0.05, 0.1) is 7.11 Å². The van der Waals surface area contributed by atoms with E-state index in [1.54, 1.807) is 10.7 Å². The summed E-state index contributed by atoms with van der Waals surface area (Å²) in [7, 11) is -0.192. The third kappa shape index (κ3) is 12.4. The first kappa shape index (κ1) is 35.7. The quantitative estimate of drug-likeness (QED) is 0.142. The molecular weight excluding hydrogens is 595 g/mol. The Hall–Kier alpha value is -0.344. The first-order chi connectivity index (χ1) is 17.9. The molecule has 4 nitrogen and oxygen atoms in total. The molecule has 0 aromatic heterocycles. The fourth-order valence-corrected chi connectivity index (χ4v) is 22.4. The van der Waals surface area contributed by atoms with Gasteiger partial charge in [-0.1, -0.05) is 0 Å². The normalized spacial score (nSPS) is 14.1. The monoisotopic (exact) mass is 656 g/mol. The Morgan fingerprint density at radius 1 is 0.947 bits per heavy atom. The first-order valence-electron chi connectivity index (χ1n) is 15.2. The zero-order valence-electron chi connectivity index (χ0n) is 26.3.